The molecule has 1 heterocycles. The normalized spacial score (nSPS) is 20.8. The summed E-state index contributed by atoms with van der Waals surface area (Å²) in [5.74, 6) is 0. The van der Waals surface area contributed by atoms with Crippen molar-refractivity contribution < 1.29 is 0 Å². The third kappa shape index (κ3) is 3.20. The fourth-order valence-electron chi connectivity index (χ4n) is 1.09. The number of nitrogens with zero attached hydrogens (tertiary/aromatic N) is 1. The molecule has 1 saturated heterocycles. The van der Waals surface area contributed by atoms with Crippen LogP contribution in [0.15, 0.2) is 30.3 Å². The van der Waals surface area contributed by atoms with E-state index in [1.807, 2.05) is 35.3 Å². The van der Waals surface area contributed by atoms with Gasteiger partial charge in [0.1, 0.15) is 4.71 Å². The summed E-state index contributed by atoms with van der Waals surface area (Å²) in [6.07, 6.45) is 0. The molecule has 2 rings (SSSR count). The van der Waals surface area contributed by atoms with Crippen LogP contribution in [0, 0.1) is 0 Å². The molecule has 1 aliphatic rings. The molecule has 1 radical (unpaired) electrons. The number of thiol groups is 1. The van der Waals surface area contributed by atoms with E-state index in [4.69, 9.17) is 12.2 Å². The maximum atomic E-state index is 5.18. The van der Waals surface area contributed by atoms with Crippen molar-refractivity contribution in [2.75, 3.05) is 5.01 Å². The smallest absolute Gasteiger partial charge is 0.157 e. The van der Waals surface area contributed by atoms with Crippen molar-refractivity contribution in [3.05, 3.63) is 30.3 Å². The Kier molecular flexibility index (Phi) is 5.98. The molecule has 2 nitrogen and oxygen atoms in total. The molecule has 6 heteroatoms. The predicted molar refractivity (Wildman–Crippen MR) is 70.8 cm³/mol. The zero-order valence-electron chi connectivity index (χ0n) is 7.68. The van der Waals surface area contributed by atoms with Crippen molar-refractivity contribution in [2.45, 2.75) is 4.71 Å². The minimum atomic E-state index is 0. The van der Waals surface area contributed by atoms with Crippen molar-refractivity contribution in [3.8, 4) is 0 Å². The third-order valence-corrected chi connectivity index (χ3v) is 3.26. The Bertz CT molecular complexity index is 320. The van der Waals surface area contributed by atoms with Crippen molar-refractivity contribution in [2.24, 2.45) is 0 Å². The van der Waals surface area contributed by atoms with Crippen molar-refractivity contribution in [1.82, 2.24) is 5.43 Å². The van der Waals surface area contributed by atoms with Crippen LogP contribution in [0.4, 0.5) is 5.69 Å². The molecule has 69 valence electrons. The van der Waals surface area contributed by atoms with Gasteiger partial charge in [0.25, 0.3) is 0 Å². The number of thioether (sulfide) groups is 1. The number of nitrogens with one attached hydrogen (secondary N) is 1. The van der Waals surface area contributed by atoms with Crippen molar-refractivity contribution in [1.29, 1.82) is 0 Å². The van der Waals surface area contributed by atoms with E-state index in [0.717, 1.165) is 10.0 Å². The van der Waals surface area contributed by atoms with Crippen LogP contribution in [0.25, 0.3) is 0 Å². The summed E-state index contributed by atoms with van der Waals surface area (Å²) in [5, 5.41) is 1.87. The zero-order valence-corrected chi connectivity index (χ0v) is 13.3. The molecular weight excluding hydrogens is 259 g/mol. The number of hydrazine groups is 1. The maximum Gasteiger partial charge on any atom is 0.157 e. The molecule has 1 aromatic rings. The number of hydrogen-bond donors (Lipinski definition) is 2. The second-order valence-corrected chi connectivity index (χ2v) is 5.14. The van der Waals surface area contributed by atoms with Gasteiger partial charge in [-0.3, -0.25) is 5.01 Å². The SMILES string of the molecule is S=C1SC(S)NN1c1ccccc1.[K]. The van der Waals surface area contributed by atoms with E-state index in [2.05, 4.69) is 18.1 Å². The topological polar surface area (TPSA) is 15.3 Å². The average Bonchev–Trinajstić information content (AvgIpc) is 2.47. The number of anilines is 1. The van der Waals surface area contributed by atoms with Crippen LogP contribution in [0.1, 0.15) is 0 Å². The van der Waals surface area contributed by atoms with Gasteiger partial charge in [-0.15, -0.1) is 12.6 Å². The Morgan fingerprint density at radius 1 is 1.36 bits per heavy atom. The first-order valence-electron chi connectivity index (χ1n) is 3.77. The molecule has 1 aliphatic heterocycles. The van der Waals surface area contributed by atoms with E-state index in [0.29, 0.717) is 0 Å². The third-order valence-electron chi connectivity index (χ3n) is 1.65. The molecule has 0 aliphatic carbocycles. The Morgan fingerprint density at radius 2 is 2.00 bits per heavy atom. The Hall–Kier alpha value is 1.41. The second-order valence-electron chi connectivity index (χ2n) is 2.54. The molecule has 1 atom stereocenters. The molecule has 1 N–H and O–H groups in total. The molecule has 1 fully saturated rings. The zero-order chi connectivity index (χ0) is 9.26. The van der Waals surface area contributed by atoms with Gasteiger partial charge in [0.2, 0.25) is 0 Å². The van der Waals surface area contributed by atoms with Crippen LogP contribution in [0.5, 0.6) is 0 Å². The molecule has 0 amide bonds. The Morgan fingerprint density at radius 3 is 2.50 bits per heavy atom. The summed E-state index contributed by atoms with van der Waals surface area (Å²) >= 11 is 11.0. The van der Waals surface area contributed by atoms with E-state index in [1.54, 1.807) is 0 Å². The number of hydrogen-bond acceptors (Lipinski definition) is 4. The Balaban J connectivity index is 0.000000980. The van der Waals surface area contributed by atoms with Crippen molar-refractivity contribution >= 4 is 98.0 Å². The van der Waals surface area contributed by atoms with Gasteiger partial charge in [-0.1, -0.05) is 42.2 Å². The van der Waals surface area contributed by atoms with E-state index in [1.165, 1.54) is 11.8 Å². The summed E-state index contributed by atoms with van der Waals surface area (Å²) in [4.78, 5) is 0. The van der Waals surface area contributed by atoms with Gasteiger partial charge in [0, 0.05) is 51.4 Å². The van der Waals surface area contributed by atoms with Crippen LogP contribution in [0.3, 0.4) is 0 Å². The summed E-state index contributed by atoms with van der Waals surface area (Å²) in [6, 6.07) is 9.96. The van der Waals surface area contributed by atoms with Gasteiger partial charge in [-0.2, -0.15) is 0 Å². The molecule has 0 bridgehead atoms. The van der Waals surface area contributed by atoms with Crippen molar-refractivity contribution in [3.63, 3.8) is 0 Å². The molecule has 0 spiro atoms. The van der Waals surface area contributed by atoms with E-state index in [9.17, 15) is 0 Å². The largest absolute Gasteiger partial charge is 0.259 e. The van der Waals surface area contributed by atoms with Crippen LogP contribution in [-0.2, 0) is 0 Å². The fraction of sp³-hybridized carbons (Fsp3) is 0.125. The van der Waals surface area contributed by atoms with Gasteiger partial charge >= 0.3 is 0 Å². The Labute approximate surface area is 141 Å². The summed E-state index contributed by atoms with van der Waals surface area (Å²) in [5.41, 5.74) is 4.19. The quantitative estimate of drug-likeness (QED) is 0.458. The van der Waals surface area contributed by atoms with Gasteiger partial charge in [-0.25, -0.2) is 5.43 Å². The van der Waals surface area contributed by atoms with Gasteiger partial charge in [-0.05, 0) is 12.1 Å². The van der Waals surface area contributed by atoms with Gasteiger partial charge in [0.15, 0.2) is 4.32 Å². The molecular formula is C8H8KN2S3. The van der Waals surface area contributed by atoms with E-state index in [-0.39, 0.29) is 56.1 Å². The summed E-state index contributed by atoms with van der Waals surface area (Å²) < 4.78 is 0.874. The second kappa shape index (κ2) is 6.22. The van der Waals surface area contributed by atoms with Gasteiger partial charge < -0.3 is 0 Å². The standard InChI is InChI=1S/C8H8N2S3.K/c11-7-9-10(8(12)13-7)6-4-2-1-3-5-6;/h1-5,7,9,11H;. The minimum Gasteiger partial charge on any atom is -0.259 e. The molecule has 14 heavy (non-hydrogen) atoms. The summed E-state index contributed by atoms with van der Waals surface area (Å²) in [7, 11) is 0. The first kappa shape index (κ1) is 13.5. The number of thiocarbonyl (C=S) groups is 1. The molecule has 1 unspecified atom stereocenters. The molecule has 1 aromatic carbocycles. The number of benzene rings is 1. The maximum absolute atomic E-state index is 5.18. The predicted octanol–water partition coefficient (Wildman–Crippen LogP) is 1.86. The number of para-hydroxylation sites is 1. The molecule has 0 saturated carbocycles. The van der Waals surface area contributed by atoms with Crippen LogP contribution >= 0.6 is 36.6 Å². The van der Waals surface area contributed by atoms with E-state index >= 15 is 0 Å². The van der Waals surface area contributed by atoms with Crippen LogP contribution < -0.4 is 10.4 Å². The average molecular weight is 267 g/mol. The minimum absolute atomic E-state index is 0. The van der Waals surface area contributed by atoms with Crippen LogP contribution in [0.2, 0.25) is 0 Å². The summed E-state index contributed by atoms with van der Waals surface area (Å²) in [6.45, 7) is 0. The first-order valence-corrected chi connectivity index (χ1v) is 5.58. The van der Waals surface area contributed by atoms with Crippen LogP contribution in [-0.4, -0.2) is 60.4 Å². The molecule has 0 aromatic heterocycles. The van der Waals surface area contributed by atoms with E-state index < -0.39 is 0 Å². The fourth-order valence-corrected chi connectivity index (χ4v) is 2.78. The number of rotatable bonds is 1. The monoisotopic (exact) mass is 267 g/mol. The first-order chi connectivity index (χ1) is 6.27. The van der Waals surface area contributed by atoms with Gasteiger partial charge in [0.05, 0.1) is 5.69 Å².